The van der Waals surface area contributed by atoms with Crippen LogP contribution in [0.1, 0.15) is 144 Å². The minimum Gasteiger partial charge on any atom is -0.444 e. The van der Waals surface area contributed by atoms with Gasteiger partial charge in [-0.2, -0.15) is 0 Å². The van der Waals surface area contributed by atoms with Gasteiger partial charge >= 0.3 is 6.09 Å². The summed E-state index contributed by atoms with van der Waals surface area (Å²) in [5.74, 6) is -4.53. The minimum atomic E-state index is -4.51. The van der Waals surface area contributed by atoms with Crippen LogP contribution < -0.4 is 0 Å². The maximum Gasteiger partial charge on any atom is 0.431 e. The fourth-order valence-electron chi connectivity index (χ4n) is 7.66. The quantitative estimate of drug-likeness (QED) is 0.0823. The Kier molecular flexibility index (Phi) is 16.6. The number of carbonyl (C=O) groups excluding carboxylic acids is 2. The summed E-state index contributed by atoms with van der Waals surface area (Å²) in [5.41, 5.74) is 2.00. The van der Waals surface area contributed by atoms with Crippen molar-refractivity contribution in [1.82, 2.24) is 4.31 Å². The van der Waals surface area contributed by atoms with E-state index in [4.69, 9.17) is 28.4 Å². The molecule has 0 bridgehead atoms. The third-order valence-electron chi connectivity index (χ3n) is 10.6. The van der Waals surface area contributed by atoms with Crippen molar-refractivity contribution in [3.63, 3.8) is 0 Å². The molecule has 3 heterocycles. The van der Waals surface area contributed by atoms with Crippen molar-refractivity contribution in [2.45, 2.75) is 180 Å². The van der Waals surface area contributed by atoms with Crippen molar-refractivity contribution in [1.29, 1.82) is 0 Å². The molecule has 3 saturated heterocycles. The van der Waals surface area contributed by atoms with E-state index in [0.29, 0.717) is 23.1 Å². The van der Waals surface area contributed by atoms with Gasteiger partial charge in [-0.15, -0.1) is 4.31 Å². The van der Waals surface area contributed by atoms with Crippen LogP contribution in [0.25, 0.3) is 0 Å². The summed E-state index contributed by atoms with van der Waals surface area (Å²) in [6.45, 7) is 15.3. The molecule has 0 saturated carbocycles. The first-order chi connectivity index (χ1) is 25.6. The van der Waals surface area contributed by atoms with Crippen LogP contribution in [-0.2, 0) is 43.2 Å². The molecule has 12 heteroatoms. The minimum absolute atomic E-state index is 0.0822. The van der Waals surface area contributed by atoms with Gasteiger partial charge in [0.2, 0.25) is 21.7 Å². The predicted octanol–water partition coefficient (Wildman–Crippen LogP) is 9.19. The monoisotopic (exact) mass is 777 g/mol. The number of allylic oxidation sites excluding steroid dienone is 6. The molecule has 3 aliphatic heterocycles. The van der Waals surface area contributed by atoms with E-state index in [9.17, 15) is 18.0 Å². The molecule has 4 aliphatic rings. The normalized spacial score (nSPS) is 27.5. The summed E-state index contributed by atoms with van der Waals surface area (Å²) in [4.78, 5) is 27.2. The van der Waals surface area contributed by atoms with Crippen molar-refractivity contribution < 1.29 is 46.4 Å². The number of rotatable bonds is 21. The third kappa shape index (κ3) is 12.8. The number of carbonyl (C=O) groups is 2. The first-order valence-electron chi connectivity index (χ1n) is 20.3. The summed E-state index contributed by atoms with van der Waals surface area (Å²) >= 11 is 0. The summed E-state index contributed by atoms with van der Waals surface area (Å²) in [6, 6.07) is 0. The zero-order chi connectivity index (χ0) is 39.4. The smallest absolute Gasteiger partial charge is 0.431 e. The number of nitrogens with zero attached hydrogens (tertiary/aromatic N) is 1. The highest BCUT2D eigenvalue weighted by atomic mass is 32.2. The molecule has 54 heavy (non-hydrogen) atoms. The van der Waals surface area contributed by atoms with Gasteiger partial charge in [-0.1, -0.05) is 81.6 Å². The first kappa shape index (κ1) is 44.4. The Bertz CT molecular complexity index is 1470. The largest absolute Gasteiger partial charge is 0.444 e. The molecule has 0 N–H and O–H groups in total. The molecule has 4 rings (SSSR count). The number of unbranched alkanes of at least 4 members (excludes halogenated alkanes) is 8. The lowest BCUT2D eigenvalue weighted by molar-refractivity contribution is -0.281. The lowest BCUT2D eigenvalue weighted by Gasteiger charge is -2.41. The van der Waals surface area contributed by atoms with E-state index in [1.165, 1.54) is 19.3 Å². The van der Waals surface area contributed by atoms with Crippen LogP contribution in [0, 0.1) is 5.92 Å². The van der Waals surface area contributed by atoms with Gasteiger partial charge in [0.1, 0.15) is 24.9 Å². The second-order valence-electron chi connectivity index (χ2n) is 16.2. The number of amides is 2. The van der Waals surface area contributed by atoms with Crippen molar-refractivity contribution in [2.24, 2.45) is 5.92 Å². The zero-order valence-electron chi connectivity index (χ0n) is 33.8. The van der Waals surface area contributed by atoms with E-state index in [-0.39, 0.29) is 26.1 Å². The molecule has 0 radical (unpaired) electrons. The summed E-state index contributed by atoms with van der Waals surface area (Å²) in [5, 5.41) is 0. The molecule has 0 aromatic rings. The predicted molar refractivity (Wildman–Crippen MR) is 209 cm³/mol. The van der Waals surface area contributed by atoms with E-state index in [0.717, 1.165) is 68.9 Å². The number of imide groups is 1. The van der Waals surface area contributed by atoms with Crippen LogP contribution in [0.2, 0.25) is 0 Å². The molecular weight excluding hydrogens is 711 g/mol. The number of sulfonamides is 1. The standard InChI is InChI=1S/C42H67NO10S/c1-8-9-10-11-12-13-14-15-16-17-18-19-20-21-22-23-36(44)43(39(45)48-30-33-24-26-34(27-25-33)32(2)3)54(46,47)29-28-42-38(52-41(6,7)53-42)37-35(31-49-42)50-40(4,5)51-37/h12-13,15-16,24,34-35,37-38H,2,8-11,14,17-23,25-31H2,1,3-7H3/b13-12-,16-15-/t34-,35-,37-,38+,42+/m1/s1. The highest BCUT2D eigenvalue weighted by Gasteiger charge is 2.65. The number of ether oxygens (including phenoxy) is 6. The van der Waals surface area contributed by atoms with Crippen LogP contribution in [0.3, 0.4) is 0 Å². The molecule has 306 valence electrons. The second kappa shape index (κ2) is 20.2. The van der Waals surface area contributed by atoms with Crippen molar-refractivity contribution in [2.75, 3.05) is 19.0 Å². The fraction of sp³-hybridized carbons (Fsp3) is 0.762. The number of hydrogen-bond donors (Lipinski definition) is 0. The van der Waals surface area contributed by atoms with Crippen molar-refractivity contribution in [3.05, 3.63) is 48.1 Å². The van der Waals surface area contributed by atoms with Crippen LogP contribution in [0.5, 0.6) is 0 Å². The molecule has 2 amide bonds. The second-order valence-corrected chi connectivity index (χ2v) is 18.2. The Morgan fingerprint density at radius 1 is 0.944 bits per heavy atom. The Balaban J connectivity index is 1.33. The average Bonchev–Trinajstić information content (AvgIpc) is 3.59. The fourth-order valence-corrected chi connectivity index (χ4v) is 9.07. The van der Waals surface area contributed by atoms with Crippen molar-refractivity contribution in [3.8, 4) is 0 Å². The molecule has 11 nitrogen and oxygen atoms in total. The molecule has 0 unspecified atom stereocenters. The van der Waals surface area contributed by atoms with Crippen LogP contribution in [0.15, 0.2) is 48.1 Å². The van der Waals surface area contributed by atoms with Crippen LogP contribution >= 0.6 is 0 Å². The SMILES string of the molecule is C=C(C)[C@@H]1CC=C(COC(=O)N(C(=O)CCCCCCC/C=C\C/C=C\CCCCC)S(=O)(=O)CC[C@@]23OC[C@H]4OC(C)(C)O[C@H]4[C@@H]2OC(C)(C)O3)CC1. The van der Waals surface area contributed by atoms with Gasteiger partial charge in [0.25, 0.3) is 0 Å². The summed E-state index contributed by atoms with van der Waals surface area (Å²) < 4.78 is 64.7. The van der Waals surface area contributed by atoms with E-state index in [1.807, 2.05) is 13.0 Å². The van der Waals surface area contributed by atoms with Crippen molar-refractivity contribution >= 4 is 22.0 Å². The maximum atomic E-state index is 14.0. The first-order valence-corrected chi connectivity index (χ1v) is 21.9. The highest BCUT2D eigenvalue weighted by molar-refractivity contribution is 7.90. The summed E-state index contributed by atoms with van der Waals surface area (Å²) in [7, 11) is -4.51. The van der Waals surface area contributed by atoms with E-state index >= 15 is 0 Å². The van der Waals surface area contributed by atoms with E-state index in [2.05, 4.69) is 37.8 Å². The highest BCUT2D eigenvalue weighted by Crippen LogP contribution is 2.49. The van der Waals surface area contributed by atoms with Gasteiger partial charge < -0.3 is 28.4 Å². The maximum absolute atomic E-state index is 14.0. The van der Waals surface area contributed by atoms with Gasteiger partial charge in [-0.25, -0.2) is 13.2 Å². The Morgan fingerprint density at radius 2 is 1.63 bits per heavy atom. The van der Waals surface area contributed by atoms with Gasteiger partial charge in [-0.05, 0) is 104 Å². The lowest BCUT2D eigenvalue weighted by atomic mass is 9.86. The Hall–Kier alpha value is -2.35. The van der Waals surface area contributed by atoms with Gasteiger partial charge in [0.05, 0.1) is 12.4 Å². The Morgan fingerprint density at radius 3 is 2.30 bits per heavy atom. The average molecular weight is 778 g/mol. The Labute approximate surface area is 324 Å². The van der Waals surface area contributed by atoms with E-state index < -0.39 is 63.4 Å². The molecule has 0 spiro atoms. The molecule has 0 aromatic carbocycles. The number of fused-ring (bicyclic) bond motifs is 3. The lowest BCUT2D eigenvalue weighted by Crippen LogP contribution is -2.59. The molecular formula is C42H67NO10S. The number of hydrogen-bond acceptors (Lipinski definition) is 10. The van der Waals surface area contributed by atoms with E-state index in [1.54, 1.807) is 27.7 Å². The molecule has 1 aliphatic carbocycles. The molecule has 0 aromatic heterocycles. The zero-order valence-corrected chi connectivity index (χ0v) is 34.6. The topological polar surface area (TPSA) is 127 Å². The van der Waals surface area contributed by atoms with Gasteiger partial charge in [0.15, 0.2) is 11.6 Å². The summed E-state index contributed by atoms with van der Waals surface area (Å²) in [6.07, 6.45) is 21.1. The van der Waals surface area contributed by atoms with Crippen LogP contribution in [-0.4, -0.2) is 79.4 Å². The van der Waals surface area contributed by atoms with Gasteiger partial charge in [-0.3, -0.25) is 4.79 Å². The third-order valence-corrected chi connectivity index (χ3v) is 12.2. The van der Waals surface area contributed by atoms with Gasteiger partial charge in [0, 0.05) is 12.8 Å². The van der Waals surface area contributed by atoms with Crippen LogP contribution in [0.4, 0.5) is 4.79 Å². The molecule has 5 atom stereocenters. The molecule has 3 fully saturated rings.